The summed E-state index contributed by atoms with van der Waals surface area (Å²) >= 11 is 1.54. The standard InChI is InChI=1S/C14H14N2OS.C12H16F3N3O/c15-13(17)12-8-18-14(16-12)11-7-3-5-9-4-1-2-6-10(9)11;1-9-7-10(12(13,14)15)16-18(9)8-11(19)17-5-3-2-4-6-17/h1-2,4,6,8,11H,3,5,7H2,(H2,15,17);7H,2-6,8H2,1H3. The van der Waals surface area contributed by atoms with Crippen molar-refractivity contribution >= 4 is 23.2 Å². The first kappa shape index (κ1) is 26.8. The number of likely N-dealkylation sites (tertiary alicyclic amines) is 1. The minimum Gasteiger partial charge on any atom is -0.364 e. The van der Waals surface area contributed by atoms with Crippen LogP contribution in [0.15, 0.2) is 35.7 Å². The molecule has 1 fully saturated rings. The first-order valence-corrected chi connectivity index (χ1v) is 13.2. The van der Waals surface area contributed by atoms with Crippen LogP contribution in [0.2, 0.25) is 0 Å². The number of nitrogens with zero attached hydrogens (tertiary/aromatic N) is 4. The third-order valence-electron chi connectivity index (χ3n) is 6.71. The summed E-state index contributed by atoms with van der Waals surface area (Å²) in [4.78, 5) is 29.1. The largest absolute Gasteiger partial charge is 0.435 e. The molecule has 2 aliphatic rings. The number of aromatic nitrogens is 3. The second kappa shape index (κ2) is 11.5. The van der Waals surface area contributed by atoms with Crippen LogP contribution in [0.25, 0.3) is 0 Å². The number of fused-ring (bicyclic) bond motifs is 1. The number of hydrogen-bond acceptors (Lipinski definition) is 5. The predicted molar refractivity (Wildman–Crippen MR) is 134 cm³/mol. The second-order valence-corrected chi connectivity index (χ2v) is 10.2. The summed E-state index contributed by atoms with van der Waals surface area (Å²) in [5.74, 6) is -0.283. The number of alkyl halides is 3. The van der Waals surface area contributed by atoms with E-state index in [-0.39, 0.29) is 12.5 Å². The van der Waals surface area contributed by atoms with E-state index in [4.69, 9.17) is 5.73 Å². The molecule has 1 unspecified atom stereocenters. The number of aryl methyl sites for hydroxylation is 2. The number of carbonyl (C=O) groups is 2. The van der Waals surface area contributed by atoms with Gasteiger partial charge in [-0.3, -0.25) is 14.3 Å². The normalized spacial score (nSPS) is 17.5. The van der Waals surface area contributed by atoms with Crippen LogP contribution in [0.3, 0.4) is 0 Å². The molecule has 2 aromatic heterocycles. The molecular weight excluding hydrogens is 503 g/mol. The number of halogens is 3. The fourth-order valence-corrected chi connectivity index (χ4v) is 5.71. The minimum atomic E-state index is -4.47. The Kier molecular flexibility index (Phi) is 8.31. The van der Waals surface area contributed by atoms with Gasteiger partial charge in [0.1, 0.15) is 17.2 Å². The van der Waals surface area contributed by atoms with Gasteiger partial charge in [0, 0.05) is 30.1 Å². The molecule has 0 radical (unpaired) electrons. The number of nitrogens with two attached hydrogens (primary N) is 1. The van der Waals surface area contributed by atoms with Crippen molar-refractivity contribution in [1.29, 1.82) is 0 Å². The van der Waals surface area contributed by atoms with Crippen LogP contribution >= 0.6 is 11.3 Å². The SMILES string of the molecule is Cc1cc(C(F)(F)F)nn1CC(=O)N1CCCCC1.NC(=O)c1csc(C2CCCc3ccccc32)n1. The fourth-order valence-electron chi connectivity index (χ4n) is 4.75. The Morgan fingerprint density at radius 3 is 2.51 bits per heavy atom. The predicted octanol–water partition coefficient (Wildman–Crippen LogP) is 4.93. The van der Waals surface area contributed by atoms with Gasteiger partial charge in [-0.25, -0.2) is 4.98 Å². The number of piperidine rings is 1. The van der Waals surface area contributed by atoms with Crippen LogP contribution < -0.4 is 5.73 Å². The molecule has 7 nitrogen and oxygen atoms in total. The lowest BCUT2D eigenvalue weighted by atomic mass is 9.83. The second-order valence-electron chi connectivity index (χ2n) is 9.35. The summed E-state index contributed by atoms with van der Waals surface area (Å²) in [5, 5.41) is 6.23. The maximum Gasteiger partial charge on any atom is 0.435 e. The summed E-state index contributed by atoms with van der Waals surface area (Å²) in [6.45, 7) is 2.77. The van der Waals surface area contributed by atoms with Crippen molar-refractivity contribution in [3.63, 3.8) is 0 Å². The molecule has 3 aromatic rings. The summed E-state index contributed by atoms with van der Waals surface area (Å²) < 4.78 is 38.6. The topological polar surface area (TPSA) is 94.1 Å². The lowest BCUT2D eigenvalue weighted by molar-refractivity contribution is -0.142. The van der Waals surface area contributed by atoms with Crippen LogP contribution in [-0.4, -0.2) is 44.6 Å². The minimum absolute atomic E-state index is 0.123. The van der Waals surface area contributed by atoms with Gasteiger partial charge in [-0.15, -0.1) is 11.3 Å². The van der Waals surface area contributed by atoms with Crippen LogP contribution in [0, 0.1) is 6.92 Å². The van der Waals surface area contributed by atoms with Gasteiger partial charge in [0.25, 0.3) is 5.91 Å². The first-order chi connectivity index (χ1) is 17.6. The maximum atomic E-state index is 12.5. The van der Waals surface area contributed by atoms with Gasteiger partial charge in [-0.1, -0.05) is 24.3 Å². The number of benzene rings is 1. The number of thiazole rings is 1. The molecule has 5 rings (SSSR count). The van der Waals surface area contributed by atoms with E-state index in [1.807, 2.05) is 0 Å². The van der Waals surface area contributed by atoms with Crippen LogP contribution in [0.4, 0.5) is 13.2 Å². The van der Waals surface area contributed by atoms with Crippen molar-refractivity contribution in [1.82, 2.24) is 19.7 Å². The zero-order valence-corrected chi connectivity index (χ0v) is 21.4. The quantitative estimate of drug-likeness (QED) is 0.515. The molecule has 11 heteroatoms. The molecule has 1 saturated heterocycles. The van der Waals surface area contributed by atoms with E-state index >= 15 is 0 Å². The monoisotopic (exact) mass is 533 g/mol. The van der Waals surface area contributed by atoms with E-state index in [2.05, 4.69) is 34.3 Å². The highest BCUT2D eigenvalue weighted by Gasteiger charge is 2.34. The van der Waals surface area contributed by atoms with Gasteiger partial charge < -0.3 is 10.6 Å². The average molecular weight is 534 g/mol. The van der Waals surface area contributed by atoms with Crippen molar-refractivity contribution in [3.05, 3.63) is 68.9 Å². The van der Waals surface area contributed by atoms with Gasteiger partial charge in [0.15, 0.2) is 5.69 Å². The van der Waals surface area contributed by atoms with Crippen LogP contribution in [-0.2, 0) is 23.9 Å². The van der Waals surface area contributed by atoms with E-state index in [1.165, 1.54) is 35.8 Å². The summed E-state index contributed by atoms with van der Waals surface area (Å²) in [6, 6.07) is 9.47. The first-order valence-electron chi connectivity index (χ1n) is 12.4. The van der Waals surface area contributed by atoms with Gasteiger partial charge in [0.2, 0.25) is 5.91 Å². The molecule has 0 bridgehead atoms. The number of primary amides is 1. The van der Waals surface area contributed by atoms with Crippen molar-refractivity contribution in [2.45, 2.75) is 64.1 Å². The van der Waals surface area contributed by atoms with Crippen LogP contribution in [0.5, 0.6) is 0 Å². The Bertz CT molecular complexity index is 1250. The molecule has 2 N–H and O–H groups in total. The van der Waals surface area contributed by atoms with E-state index in [9.17, 15) is 22.8 Å². The fraction of sp³-hybridized carbons (Fsp3) is 0.462. The molecule has 1 atom stereocenters. The Morgan fingerprint density at radius 2 is 1.86 bits per heavy atom. The third kappa shape index (κ3) is 6.57. The molecule has 37 heavy (non-hydrogen) atoms. The molecule has 1 aliphatic carbocycles. The lowest BCUT2D eigenvalue weighted by Crippen LogP contribution is -2.38. The zero-order valence-electron chi connectivity index (χ0n) is 20.6. The summed E-state index contributed by atoms with van der Waals surface area (Å²) in [5.41, 5.74) is 7.80. The lowest BCUT2D eigenvalue weighted by Gasteiger charge is -2.26. The van der Waals surface area contributed by atoms with E-state index in [0.717, 1.165) is 47.9 Å². The van der Waals surface area contributed by atoms with E-state index in [1.54, 1.807) is 10.3 Å². The Labute approximate surface area is 217 Å². The van der Waals surface area contributed by atoms with Crippen molar-refractivity contribution in [2.75, 3.05) is 13.1 Å². The van der Waals surface area contributed by atoms with E-state index < -0.39 is 17.8 Å². The number of amides is 2. The Balaban J connectivity index is 0.000000173. The van der Waals surface area contributed by atoms with Gasteiger partial charge in [-0.2, -0.15) is 18.3 Å². The third-order valence-corrected chi connectivity index (χ3v) is 7.67. The van der Waals surface area contributed by atoms with Gasteiger partial charge in [-0.05, 0) is 62.6 Å². The number of carbonyl (C=O) groups excluding carboxylic acids is 2. The highest BCUT2D eigenvalue weighted by molar-refractivity contribution is 7.10. The highest BCUT2D eigenvalue weighted by Crippen LogP contribution is 2.37. The molecule has 0 saturated carbocycles. The number of rotatable bonds is 4. The van der Waals surface area contributed by atoms with Gasteiger partial charge >= 0.3 is 6.18 Å². The maximum absolute atomic E-state index is 12.5. The molecular formula is C26H30F3N5O2S. The molecule has 3 heterocycles. The molecule has 2 amide bonds. The molecule has 1 aromatic carbocycles. The molecule has 198 valence electrons. The number of hydrogen-bond donors (Lipinski definition) is 1. The zero-order chi connectivity index (χ0) is 26.6. The van der Waals surface area contributed by atoms with Crippen molar-refractivity contribution in [3.8, 4) is 0 Å². The van der Waals surface area contributed by atoms with Crippen molar-refractivity contribution in [2.24, 2.45) is 5.73 Å². The molecule has 0 spiro atoms. The van der Waals surface area contributed by atoms with Crippen molar-refractivity contribution < 1.29 is 22.8 Å². The summed E-state index contributed by atoms with van der Waals surface area (Å²) in [7, 11) is 0. The van der Waals surface area contributed by atoms with Crippen LogP contribution in [0.1, 0.15) is 76.0 Å². The summed E-state index contributed by atoms with van der Waals surface area (Å²) in [6.07, 6.45) is 1.96. The van der Waals surface area contributed by atoms with E-state index in [0.29, 0.717) is 30.4 Å². The average Bonchev–Trinajstić information content (AvgIpc) is 3.52. The highest BCUT2D eigenvalue weighted by atomic mass is 32.1. The Hall–Kier alpha value is -3.21. The van der Waals surface area contributed by atoms with Gasteiger partial charge in [0.05, 0.1) is 0 Å². The molecule has 1 aliphatic heterocycles. The smallest absolute Gasteiger partial charge is 0.364 e. The Morgan fingerprint density at radius 1 is 1.14 bits per heavy atom.